The summed E-state index contributed by atoms with van der Waals surface area (Å²) < 4.78 is 12.8. The van der Waals surface area contributed by atoms with Crippen molar-refractivity contribution in [2.45, 2.75) is 26.1 Å². The normalized spacial score (nSPS) is 10.3. The van der Waals surface area contributed by atoms with Crippen LogP contribution >= 0.6 is 11.6 Å². The lowest BCUT2D eigenvalue weighted by Gasteiger charge is -2.08. The van der Waals surface area contributed by atoms with Gasteiger partial charge in [-0.15, -0.1) is 0 Å². The van der Waals surface area contributed by atoms with Crippen LogP contribution in [0, 0.1) is 0 Å². The Hall–Kier alpha value is -2.40. The number of hydrogen-bond acceptors (Lipinski definition) is 2. The second-order valence-electron chi connectivity index (χ2n) is 5.59. The summed E-state index contributed by atoms with van der Waals surface area (Å²) in [5.41, 5.74) is 2.23. The lowest BCUT2D eigenvalue weighted by Crippen LogP contribution is -2.40. The molecule has 2 N–H and O–H groups in total. The lowest BCUT2D eigenvalue weighted by molar-refractivity contribution is -0.139. The molecule has 0 aliphatic heterocycles. The van der Waals surface area contributed by atoms with Crippen LogP contribution in [0.1, 0.15) is 23.1 Å². The number of carbonyl (C=O) groups excluding carboxylic acids is 2. The average Bonchev–Trinajstić information content (AvgIpc) is 2.65. The molecule has 0 unspecified atom stereocenters. The minimum absolute atomic E-state index is 0.139. The summed E-state index contributed by atoms with van der Waals surface area (Å²) in [6, 6.07) is 14.7. The van der Waals surface area contributed by atoms with E-state index in [9.17, 15) is 14.0 Å². The van der Waals surface area contributed by atoms with Gasteiger partial charge < -0.3 is 10.6 Å². The van der Waals surface area contributed by atoms with Gasteiger partial charge in [0.1, 0.15) is 6.67 Å². The molecule has 6 heteroatoms. The predicted molar refractivity (Wildman–Crippen MR) is 95.9 cm³/mol. The summed E-state index contributed by atoms with van der Waals surface area (Å²) in [6.45, 7) is -0.114. The van der Waals surface area contributed by atoms with Crippen molar-refractivity contribution in [1.82, 2.24) is 10.6 Å². The highest BCUT2D eigenvalue weighted by Gasteiger charge is 2.12. The first-order chi connectivity index (χ1) is 12.1. The number of nitrogens with one attached hydrogen (secondary N) is 2. The van der Waals surface area contributed by atoms with Crippen molar-refractivity contribution < 1.29 is 14.0 Å². The maximum Gasteiger partial charge on any atom is 0.309 e. The monoisotopic (exact) mass is 362 g/mol. The fraction of sp³-hybridized carbons (Fsp3) is 0.263. The molecular formula is C19H20ClFN2O2. The van der Waals surface area contributed by atoms with Crippen LogP contribution in [0.2, 0.25) is 5.02 Å². The van der Waals surface area contributed by atoms with Gasteiger partial charge in [-0.2, -0.15) is 0 Å². The Bertz CT molecular complexity index is 723. The molecule has 0 saturated carbocycles. The van der Waals surface area contributed by atoms with Crippen LogP contribution in [0.3, 0.4) is 0 Å². The Morgan fingerprint density at radius 2 is 1.68 bits per heavy atom. The fourth-order valence-electron chi connectivity index (χ4n) is 2.32. The fourth-order valence-corrected chi connectivity index (χ4v) is 2.49. The zero-order chi connectivity index (χ0) is 18.1. The molecule has 0 heterocycles. The molecule has 0 radical (unpaired) electrons. The van der Waals surface area contributed by atoms with E-state index in [1.54, 1.807) is 18.2 Å². The highest BCUT2D eigenvalue weighted by atomic mass is 35.5. The standard InChI is InChI=1S/C19H20ClFN2O2/c20-17-9-8-15(11-16(17)12-21)13-23-19(25)18(24)22-10-4-7-14-5-2-1-3-6-14/h1-3,5-6,8-9,11H,4,7,10,12-13H2,(H,22,24)(H,23,25). The number of carbonyl (C=O) groups is 2. The smallest absolute Gasteiger partial charge is 0.309 e. The van der Waals surface area contributed by atoms with Crippen molar-refractivity contribution in [2.24, 2.45) is 0 Å². The molecule has 0 atom stereocenters. The lowest BCUT2D eigenvalue weighted by atomic mass is 10.1. The van der Waals surface area contributed by atoms with Crippen LogP contribution in [0.25, 0.3) is 0 Å². The molecule has 2 amide bonds. The largest absolute Gasteiger partial charge is 0.348 e. The molecule has 25 heavy (non-hydrogen) atoms. The molecule has 0 aliphatic carbocycles. The van der Waals surface area contributed by atoms with Gasteiger partial charge in [0.25, 0.3) is 0 Å². The van der Waals surface area contributed by atoms with Crippen LogP contribution in [0.4, 0.5) is 4.39 Å². The summed E-state index contributed by atoms with van der Waals surface area (Å²) in [7, 11) is 0. The molecule has 0 aromatic heterocycles. The van der Waals surface area contributed by atoms with Gasteiger partial charge in [-0.05, 0) is 36.1 Å². The summed E-state index contributed by atoms with van der Waals surface area (Å²) in [5.74, 6) is -1.39. The third-order valence-corrected chi connectivity index (χ3v) is 4.05. The number of halogens is 2. The van der Waals surface area contributed by atoms with Crippen molar-refractivity contribution in [3.8, 4) is 0 Å². The van der Waals surface area contributed by atoms with Gasteiger partial charge in [0.05, 0.1) is 0 Å². The van der Waals surface area contributed by atoms with E-state index in [1.807, 2.05) is 30.3 Å². The van der Waals surface area contributed by atoms with Crippen LogP contribution in [0.5, 0.6) is 0 Å². The Labute approximate surface area is 151 Å². The van der Waals surface area contributed by atoms with Gasteiger partial charge in [0.2, 0.25) is 0 Å². The van der Waals surface area contributed by atoms with Gasteiger partial charge in [-0.1, -0.05) is 48.0 Å². The molecule has 4 nitrogen and oxygen atoms in total. The zero-order valence-electron chi connectivity index (χ0n) is 13.7. The van der Waals surface area contributed by atoms with Crippen molar-refractivity contribution in [3.05, 3.63) is 70.2 Å². The Balaban J connectivity index is 1.70. The van der Waals surface area contributed by atoms with Crippen molar-refractivity contribution in [3.63, 3.8) is 0 Å². The quantitative estimate of drug-likeness (QED) is 0.587. The SMILES string of the molecule is O=C(NCCCc1ccccc1)C(=O)NCc1ccc(Cl)c(CF)c1. The Morgan fingerprint density at radius 3 is 2.40 bits per heavy atom. The maximum atomic E-state index is 12.8. The third kappa shape index (κ3) is 6.19. The predicted octanol–water partition coefficient (Wildman–Crippen LogP) is 3.17. The summed E-state index contributed by atoms with van der Waals surface area (Å²) in [6.07, 6.45) is 1.58. The highest BCUT2D eigenvalue weighted by Crippen LogP contribution is 2.18. The van der Waals surface area contributed by atoms with Crippen LogP contribution in [0.15, 0.2) is 48.5 Å². The van der Waals surface area contributed by atoms with Crippen LogP contribution < -0.4 is 10.6 Å². The maximum absolute atomic E-state index is 12.8. The van der Waals surface area contributed by atoms with E-state index in [1.165, 1.54) is 5.56 Å². The number of rotatable bonds is 7. The third-order valence-electron chi connectivity index (χ3n) is 3.68. The molecule has 0 spiro atoms. The first-order valence-electron chi connectivity index (χ1n) is 8.03. The van der Waals surface area contributed by atoms with E-state index in [0.29, 0.717) is 22.7 Å². The molecule has 2 rings (SSSR count). The molecule has 132 valence electrons. The molecule has 2 aromatic rings. The molecule has 0 aliphatic rings. The van der Waals surface area contributed by atoms with Crippen molar-refractivity contribution in [1.29, 1.82) is 0 Å². The van der Waals surface area contributed by atoms with Gasteiger partial charge in [0.15, 0.2) is 0 Å². The number of hydrogen-bond donors (Lipinski definition) is 2. The van der Waals surface area contributed by atoms with Gasteiger partial charge in [-0.25, -0.2) is 4.39 Å². The zero-order valence-corrected chi connectivity index (χ0v) is 14.5. The second kappa shape index (κ2) is 9.79. The number of aryl methyl sites for hydroxylation is 1. The average molecular weight is 363 g/mol. The first kappa shape index (κ1) is 18.9. The Morgan fingerprint density at radius 1 is 0.960 bits per heavy atom. The number of benzene rings is 2. The van der Waals surface area contributed by atoms with E-state index < -0.39 is 18.5 Å². The molecule has 0 bridgehead atoms. The van der Waals surface area contributed by atoms with E-state index in [4.69, 9.17) is 11.6 Å². The topological polar surface area (TPSA) is 58.2 Å². The first-order valence-corrected chi connectivity index (χ1v) is 8.41. The van der Waals surface area contributed by atoms with Gasteiger partial charge in [-0.3, -0.25) is 9.59 Å². The van der Waals surface area contributed by atoms with Crippen LogP contribution in [-0.2, 0) is 29.2 Å². The van der Waals surface area contributed by atoms with E-state index in [0.717, 1.165) is 12.8 Å². The van der Waals surface area contributed by atoms with Crippen molar-refractivity contribution in [2.75, 3.05) is 6.54 Å². The summed E-state index contributed by atoms with van der Waals surface area (Å²) >= 11 is 5.83. The second-order valence-corrected chi connectivity index (χ2v) is 5.99. The van der Waals surface area contributed by atoms with E-state index in [-0.39, 0.29) is 6.54 Å². The van der Waals surface area contributed by atoms with E-state index in [2.05, 4.69) is 10.6 Å². The highest BCUT2D eigenvalue weighted by molar-refractivity contribution is 6.35. The van der Waals surface area contributed by atoms with Crippen LogP contribution in [-0.4, -0.2) is 18.4 Å². The molecular weight excluding hydrogens is 343 g/mol. The Kier molecular flexibility index (Phi) is 7.41. The molecule has 2 aromatic carbocycles. The summed E-state index contributed by atoms with van der Waals surface area (Å²) in [4.78, 5) is 23.5. The van der Waals surface area contributed by atoms with Crippen molar-refractivity contribution >= 4 is 23.4 Å². The number of alkyl halides is 1. The molecule has 0 fully saturated rings. The minimum Gasteiger partial charge on any atom is -0.348 e. The van der Waals surface area contributed by atoms with Gasteiger partial charge in [0, 0.05) is 23.7 Å². The van der Waals surface area contributed by atoms with E-state index >= 15 is 0 Å². The van der Waals surface area contributed by atoms with Gasteiger partial charge >= 0.3 is 11.8 Å². The summed E-state index contributed by atoms with van der Waals surface area (Å²) in [5, 5.41) is 5.44. The minimum atomic E-state index is -0.712. The number of amides is 2. The molecule has 0 saturated heterocycles.